The van der Waals surface area contributed by atoms with Crippen molar-refractivity contribution in [3.8, 4) is 0 Å². The number of carbonyl (C=O) groups excluding carboxylic acids is 4. The molecule has 1 atom stereocenters. The van der Waals surface area contributed by atoms with Gasteiger partial charge in [0.1, 0.15) is 17.5 Å². The number of hydrogen-bond acceptors (Lipinski definition) is 9. The Bertz CT molecular complexity index is 1460. The molecule has 2 aliphatic rings. The van der Waals surface area contributed by atoms with E-state index in [9.17, 15) is 19.2 Å². The van der Waals surface area contributed by atoms with E-state index in [0.717, 1.165) is 17.0 Å². The minimum atomic E-state index is -0.872. The maximum absolute atomic E-state index is 15.2. The molecule has 16 heteroatoms. The molecule has 1 aromatic carbocycles. The molecule has 0 spiro atoms. The minimum Gasteiger partial charge on any atom is -0.453 e. The fraction of sp³-hybridized carbons (Fsp3) is 0.385. The maximum Gasteiger partial charge on any atom is 0.414 e. The van der Waals surface area contributed by atoms with E-state index in [1.807, 2.05) is 0 Å². The lowest BCUT2D eigenvalue weighted by molar-refractivity contribution is -0.129. The van der Waals surface area contributed by atoms with Gasteiger partial charge in [0.2, 0.25) is 5.91 Å². The number of amides is 4. The van der Waals surface area contributed by atoms with Crippen LogP contribution in [-0.2, 0) is 14.3 Å². The summed E-state index contributed by atoms with van der Waals surface area (Å²) in [4.78, 5) is 61.1. The summed E-state index contributed by atoms with van der Waals surface area (Å²) in [7, 11) is 1.19. The number of alkyl carbamates (subject to hydrolysis) is 1. The molecule has 42 heavy (non-hydrogen) atoms. The third kappa shape index (κ3) is 6.16. The Morgan fingerprint density at radius 3 is 2.64 bits per heavy atom. The highest BCUT2D eigenvalue weighted by Gasteiger charge is 2.34. The summed E-state index contributed by atoms with van der Waals surface area (Å²) in [5.41, 5.74) is 0.345. The molecule has 2 aromatic heterocycles. The van der Waals surface area contributed by atoms with Crippen LogP contribution >= 0.6 is 0 Å². The van der Waals surface area contributed by atoms with E-state index in [-0.39, 0.29) is 62.2 Å². The Labute approximate surface area is 238 Å². The van der Waals surface area contributed by atoms with Crippen molar-refractivity contribution in [1.29, 1.82) is 0 Å². The number of nitrogens with one attached hydrogen (secondary N) is 2. The van der Waals surface area contributed by atoms with Crippen LogP contribution in [-0.4, -0.2) is 102 Å². The van der Waals surface area contributed by atoms with Gasteiger partial charge in [0.05, 0.1) is 38.6 Å². The number of cyclic esters (lactones) is 1. The zero-order chi connectivity index (χ0) is 29.8. The lowest BCUT2D eigenvalue weighted by Crippen LogP contribution is -2.42. The maximum atomic E-state index is 15.2. The molecular formula is C26H28F2N8O6. The van der Waals surface area contributed by atoms with Crippen LogP contribution in [0.5, 0.6) is 0 Å². The molecule has 0 radical (unpaired) electrons. The molecule has 5 rings (SSSR count). The third-order valence-electron chi connectivity index (χ3n) is 6.91. The van der Waals surface area contributed by atoms with Crippen LogP contribution in [0.15, 0.2) is 36.9 Å². The summed E-state index contributed by atoms with van der Waals surface area (Å²) in [6.45, 7) is 0.654. The predicted molar refractivity (Wildman–Crippen MR) is 143 cm³/mol. The summed E-state index contributed by atoms with van der Waals surface area (Å²) in [5.74, 6) is -2.59. The Hall–Kier alpha value is -5.02. The highest BCUT2D eigenvalue weighted by atomic mass is 19.1. The first kappa shape index (κ1) is 28.5. The van der Waals surface area contributed by atoms with Gasteiger partial charge in [-0.15, -0.1) is 0 Å². The number of nitrogens with zero attached hydrogens (tertiary/aromatic N) is 6. The fourth-order valence-corrected chi connectivity index (χ4v) is 4.82. The second kappa shape index (κ2) is 12.2. The normalized spacial score (nSPS) is 17.2. The molecule has 1 unspecified atom stereocenters. The monoisotopic (exact) mass is 586 g/mol. The highest BCUT2D eigenvalue weighted by Crippen LogP contribution is 2.31. The molecule has 2 N–H and O–H groups in total. The standard InChI is InChI=1S/C26H28F2N8O6/c1-41-25(39)31-11-17-14-36(26(40)42-17)16-9-18(27)23(19(28)10-16)34-5-2-4-33(7-8-34)22(37)13-30-24(38)20-15-35-6-3-29-12-21(35)32-20/h3,6,9-10,12,15,17H,2,4-5,7-8,11,13-14H2,1H3,(H,30,38)(H,31,39). The van der Waals surface area contributed by atoms with Crippen LogP contribution in [0, 0.1) is 11.6 Å². The quantitative estimate of drug-likeness (QED) is 0.416. The summed E-state index contributed by atoms with van der Waals surface area (Å²) in [6, 6.07) is 2.10. The van der Waals surface area contributed by atoms with E-state index in [0.29, 0.717) is 18.6 Å². The van der Waals surface area contributed by atoms with Crippen molar-refractivity contribution >= 4 is 41.0 Å². The van der Waals surface area contributed by atoms with Gasteiger partial charge in [0, 0.05) is 56.9 Å². The van der Waals surface area contributed by atoms with Gasteiger partial charge >= 0.3 is 12.2 Å². The molecule has 0 bridgehead atoms. The van der Waals surface area contributed by atoms with Crippen LogP contribution in [0.25, 0.3) is 5.65 Å². The summed E-state index contributed by atoms with van der Waals surface area (Å²) in [6.07, 6.45) is 4.46. The van der Waals surface area contributed by atoms with Gasteiger partial charge in [-0.25, -0.2) is 23.4 Å². The van der Waals surface area contributed by atoms with Gasteiger partial charge in [-0.05, 0) is 6.42 Å². The van der Waals surface area contributed by atoms with Crippen LogP contribution in [0.4, 0.5) is 29.7 Å². The Morgan fingerprint density at radius 2 is 1.90 bits per heavy atom. The molecule has 0 aliphatic carbocycles. The van der Waals surface area contributed by atoms with Crippen molar-refractivity contribution in [2.24, 2.45) is 0 Å². The van der Waals surface area contributed by atoms with Crippen LogP contribution in [0.1, 0.15) is 16.9 Å². The lowest BCUT2D eigenvalue weighted by atomic mass is 10.2. The molecule has 222 valence electrons. The number of anilines is 2. The molecular weight excluding hydrogens is 558 g/mol. The topological polar surface area (TPSA) is 151 Å². The van der Waals surface area contributed by atoms with E-state index in [1.165, 1.54) is 29.3 Å². The van der Waals surface area contributed by atoms with Gasteiger partial charge in [-0.3, -0.25) is 19.5 Å². The second-order valence-electron chi connectivity index (χ2n) is 9.62. The van der Waals surface area contributed by atoms with Crippen LogP contribution in [0.2, 0.25) is 0 Å². The van der Waals surface area contributed by atoms with E-state index in [4.69, 9.17) is 4.74 Å². The lowest BCUT2D eigenvalue weighted by Gasteiger charge is -2.25. The minimum absolute atomic E-state index is 0.0211. The zero-order valence-electron chi connectivity index (χ0n) is 22.6. The molecule has 2 saturated heterocycles. The summed E-state index contributed by atoms with van der Waals surface area (Å²) < 4.78 is 41.7. The number of carbonyl (C=O) groups is 4. The molecule has 3 aromatic rings. The van der Waals surface area contributed by atoms with Crippen molar-refractivity contribution < 1.29 is 37.4 Å². The number of ether oxygens (including phenoxy) is 2. The Balaban J connectivity index is 1.17. The summed E-state index contributed by atoms with van der Waals surface area (Å²) >= 11 is 0. The van der Waals surface area contributed by atoms with E-state index in [1.54, 1.807) is 16.8 Å². The number of hydrogen-bond donors (Lipinski definition) is 2. The smallest absolute Gasteiger partial charge is 0.414 e. The molecule has 14 nitrogen and oxygen atoms in total. The van der Waals surface area contributed by atoms with E-state index < -0.39 is 35.8 Å². The summed E-state index contributed by atoms with van der Waals surface area (Å²) in [5, 5.41) is 4.98. The van der Waals surface area contributed by atoms with Gasteiger partial charge in [-0.2, -0.15) is 0 Å². The van der Waals surface area contributed by atoms with Gasteiger partial charge in [0.15, 0.2) is 17.3 Å². The first-order valence-corrected chi connectivity index (χ1v) is 13.1. The number of aromatic nitrogens is 3. The Morgan fingerprint density at radius 1 is 1.12 bits per heavy atom. The predicted octanol–water partition coefficient (Wildman–Crippen LogP) is 1.16. The van der Waals surface area contributed by atoms with Crippen molar-refractivity contribution in [2.45, 2.75) is 12.5 Å². The van der Waals surface area contributed by atoms with Gasteiger partial charge in [0.25, 0.3) is 5.91 Å². The van der Waals surface area contributed by atoms with Gasteiger partial charge in [-0.1, -0.05) is 0 Å². The number of imidazole rings is 1. The average Bonchev–Trinajstić information content (AvgIpc) is 3.50. The van der Waals surface area contributed by atoms with Crippen LogP contribution in [0.3, 0.4) is 0 Å². The highest BCUT2D eigenvalue weighted by molar-refractivity contribution is 5.95. The third-order valence-corrected chi connectivity index (χ3v) is 6.91. The Kier molecular flexibility index (Phi) is 8.31. The van der Waals surface area contributed by atoms with Crippen molar-refractivity contribution in [1.82, 2.24) is 29.9 Å². The van der Waals surface area contributed by atoms with Gasteiger partial charge < -0.3 is 34.3 Å². The molecule has 0 saturated carbocycles. The SMILES string of the molecule is COC(=O)NCC1CN(c2cc(F)c(N3CCCN(C(=O)CNC(=O)c4cn5ccncc5n4)CC3)c(F)c2)C(=O)O1. The average molecular weight is 587 g/mol. The fourth-order valence-electron chi connectivity index (χ4n) is 4.82. The first-order chi connectivity index (χ1) is 20.2. The van der Waals surface area contributed by atoms with Crippen molar-refractivity contribution in [3.05, 3.63) is 54.2 Å². The number of fused-ring (bicyclic) bond motifs is 1. The number of methoxy groups -OCH3 is 1. The number of benzene rings is 1. The molecule has 4 heterocycles. The van der Waals surface area contributed by atoms with Crippen LogP contribution < -0.4 is 20.4 Å². The number of halogens is 2. The first-order valence-electron chi connectivity index (χ1n) is 13.1. The molecule has 2 fully saturated rings. The molecule has 4 amide bonds. The van der Waals surface area contributed by atoms with E-state index >= 15 is 8.78 Å². The van der Waals surface area contributed by atoms with Crippen molar-refractivity contribution in [2.75, 3.05) is 62.7 Å². The molecule has 2 aliphatic heterocycles. The van der Waals surface area contributed by atoms with E-state index in [2.05, 4.69) is 25.3 Å². The largest absolute Gasteiger partial charge is 0.453 e. The zero-order valence-corrected chi connectivity index (χ0v) is 22.6. The number of rotatable bonds is 7. The second-order valence-corrected chi connectivity index (χ2v) is 9.62. The van der Waals surface area contributed by atoms with Crippen molar-refractivity contribution in [3.63, 3.8) is 0 Å².